The third kappa shape index (κ3) is 1.68. The molecule has 0 bridgehead atoms. The topological polar surface area (TPSA) is 36.1 Å². The Morgan fingerprint density at radius 2 is 2.23 bits per heavy atom. The van der Waals surface area contributed by atoms with E-state index in [1.54, 1.807) is 18.2 Å². The summed E-state index contributed by atoms with van der Waals surface area (Å²) in [6, 6.07) is 5.64. The van der Waals surface area contributed by atoms with Crippen LogP contribution >= 0.6 is 15.9 Å². The van der Waals surface area contributed by atoms with E-state index in [1.165, 1.54) is 0 Å². The lowest BCUT2D eigenvalue weighted by Crippen LogP contribution is -1.84. The molecule has 1 aromatic carbocycles. The zero-order valence-electron chi connectivity index (χ0n) is 6.92. The fraction of sp³-hybridized carbons (Fsp3) is 0. The van der Waals surface area contributed by atoms with Crippen molar-refractivity contribution in [2.45, 2.75) is 0 Å². The first kappa shape index (κ1) is 9.69. The minimum absolute atomic E-state index is 0.542. The highest BCUT2D eigenvalue weighted by Crippen LogP contribution is 2.29. The van der Waals surface area contributed by atoms with Gasteiger partial charge in [-0.15, -0.1) is 0 Å². The zero-order chi connectivity index (χ0) is 9.84. The average molecular weight is 235 g/mol. The van der Waals surface area contributed by atoms with Gasteiger partial charge in [-0.05, 0) is 34.8 Å². The van der Waals surface area contributed by atoms with Crippen molar-refractivity contribution in [2.75, 3.05) is 0 Å². The first-order valence-corrected chi connectivity index (χ1v) is 4.35. The van der Waals surface area contributed by atoms with E-state index in [-0.39, 0.29) is 0 Å². The summed E-state index contributed by atoms with van der Waals surface area (Å²) in [6.45, 7) is 7.05. The standard InChI is InChI=1S/C10H7BrN2/c1-3-7-8(6-12)9(11)4-5-10(7)13-2/h3-5H,1-2H2. The van der Waals surface area contributed by atoms with Crippen LogP contribution in [-0.2, 0) is 0 Å². The number of nitrogens with zero attached hydrogens (tertiary/aromatic N) is 2. The molecule has 0 atom stereocenters. The maximum absolute atomic E-state index is 8.86. The third-order valence-electron chi connectivity index (χ3n) is 1.66. The number of hydrogen-bond acceptors (Lipinski definition) is 2. The number of hydrogen-bond donors (Lipinski definition) is 0. The average Bonchev–Trinajstić information content (AvgIpc) is 2.17. The number of nitriles is 1. The Morgan fingerprint density at radius 1 is 1.54 bits per heavy atom. The summed E-state index contributed by atoms with van der Waals surface area (Å²) in [5.41, 5.74) is 1.93. The highest BCUT2D eigenvalue weighted by molar-refractivity contribution is 9.10. The maximum atomic E-state index is 8.86. The van der Waals surface area contributed by atoms with E-state index in [1.807, 2.05) is 0 Å². The molecule has 0 amide bonds. The molecule has 0 aliphatic rings. The van der Waals surface area contributed by atoms with Gasteiger partial charge >= 0.3 is 0 Å². The van der Waals surface area contributed by atoms with Crippen molar-refractivity contribution in [3.63, 3.8) is 0 Å². The van der Waals surface area contributed by atoms with Gasteiger partial charge in [0.1, 0.15) is 6.07 Å². The van der Waals surface area contributed by atoms with E-state index in [4.69, 9.17) is 5.26 Å². The van der Waals surface area contributed by atoms with Crippen molar-refractivity contribution in [1.29, 1.82) is 5.26 Å². The van der Waals surface area contributed by atoms with Crippen molar-refractivity contribution < 1.29 is 0 Å². The van der Waals surface area contributed by atoms with Crippen LogP contribution < -0.4 is 0 Å². The van der Waals surface area contributed by atoms with Crippen LogP contribution in [0.25, 0.3) is 6.08 Å². The highest BCUT2D eigenvalue weighted by atomic mass is 79.9. The Balaban J connectivity index is 3.56. The summed E-state index contributed by atoms with van der Waals surface area (Å²) in [5, 5.41) is 8.86. The molecule has 0 fully saturated rings. The van der Waals surface area contributed by atoms with E-state index in [0.29, 0.717) is 16.8 Å². The van der Waals surface area contributed by atoms with Crippen LogP contribution in [0.4, 0.5) is 5.69 Å². The quantitative estimate of drug-likeness (QED) is 0.724. The normalized spacial score (nSPS) is 8.92. The van der Waals surface area contributed by atoms with Gasteiger partial charge in [0, 0.05) is 10.0 Å². The first-order chi connectivity index (χ1) is 6.24. The van der Waals surface area contributed by atoms with E-state index in [0.717, 1.165) is 4.47 Å². The van der Waals surface area contributed by atoms with E-state index in [2.05, 4.69) is 40.3 Å². The fourth-order valence-corrected chi connectivity index (χ4v) is 1.47. The molecule has 0 heterocycles. The molecule has 0 unspecified atom stereocenters. The predicted octanol–water partition coefficient (Wildman–Crippen LogP) is 3.30. The largest absolute Gasteiger partial charge is 0.264 e. The van der Waals surface area contributed by atoms with Crippen molar-refractivity contribution in [3.8, 4) is 6.07 Å². The lowest BCUT2D eigenvalue weighted by Gasteiger charge is -2.03. The molecular formula is C10H7BrN2. The Hall–Kier alpha value is -1.40. The Bertz CT molecular complexity index is 402. The lowest BCUT2D eigenvalue weighted by atomic mass is 10.1. The van der Waals surface area contributed by atoms with Gasteiger partial charge in [-0.3, -0.25) is 4.99 Å². The molecule has 1 aromatic rings. The van der Waals surface area contributed by atoms with E-state index >= 15 is 0 Å². The molecule has 1 rings (SSSR count). The van der Waals surface area contributed by atoms with Crippen molar-refractivity contribution >= 4 is 34.4 Å². The SMILES string of the molecule is C=Cc1c(N=C)ccc(Br)c1C#N. The molecule has 0 saturated carbocycles. The van der Waals surface area contributed by atoms with Crippen molar-refractivity contribution in [1.82, 2.24) is 0 Å². The second-order valence-corrected chi connectivity index (χ2v) is 3.18. The first-order valence-electron chi connectivity index (χ1n) is 3.56. The molecule has 0 aliphatic carbocycles. The van der Waals surface area contributed by atoms with Gasteiger partial charge < -0.3 is 0 Å². The predicted molar refractivity (Wildman–Crippen MR) is 58.2 cm³/mol. The van der Waals surface area contributed by atoms with Crippen molar-refractivity contribution in [2.24, 2.45) is 4.99 Å². The monoisotopic (exact) mass is 234 g/mol. The molecule has 2 nitrogen and oxygen atoms in total. The Labute approximate surface area is 85.4 Å². The van der Waals surface area contributed by atoms with Crippen LogP contribution in [0.5, 0.6) is 0 Å². The minimum Gasteiger partial charge on any atom is -0.264 e. The summed E-state index contributed by atoms with van der Waals surface area (Å²) in [6.07, 6.45) is 1.60. The smallest absolute Gasteiger partial charge is 0.101 e. The number of benzene rings is 1. The highest BCUT2D eigenvalue weighted by Gasteiger charge is 2.07. The second kappa shape index (κ2) is 4.01. The number of aliphatic imine (C=N–C) groups is 1. The number of halogens is 1. The molecule has 0 aliphatic heterocycles. The van der Waals surface area contributed by atoms with Gasteiger partial charge in [0.2, 0.25) is 0 Å². The van der Waals surface area contributed by atoms with Crippen LogP contribution in [0, 0.1) is 11.3 Å². The van der Waals surface area contributed by atoms with Gasteiger partial charge in [0.05, 0.1) is 11.3 Å². The third-order valence-corrected chi connectivity index (χ3v) is 2.32. The van der Waals surface area contributed by atoms with Crippen LogP contribution in [0.2, 0.25) is 0 Å². The molecule has 0 aromatic heterocycles. The summed E-state index contributed by atoms with van der Waals surface area (Å²) >= 11 is 3.28. The molecule has 0 saturated heterocycles. The summed E-state index contributed by atoms with van der Waals surface area (Å²) in [4.78, 5) is 3.80. The lowest BCUT2D eigenvalue weighted by molar-refractivity contribution is 1.42. The summed E-state index contributed by atoms with van der Waals surface area (Å²) < 4.78 is 0.748. The van der Waals surface area contributed by atoms with E-state index < -0.39 is 0 Å². The maximum Gasteiger partial charge on any atom is 0.101 e. The van der Waals surface area contributed by atoms with E-state index in [9.17, 15) is 0 Å². The van der Waals surface area contributed by atoms with Gasteiger partial charge in [0.25, 0.3) is 0 Å². The zero-order valence-corrected chi connectivity index (χ0v) is 8.50. The molecular weight excluding hydrogens is 228 g/mol. The molecule has 0 N–H and O–H groups in total. The Morgan fingerprint density at radius 3 is 2.69 bits per heavy atom. The second-order valence-electron chi connectivity index (χ2n) is 2.33. The molecule has 64 valence electrons. The summed E-state index contributed by atoms with van der Waals surface area (Å²) in [7, 11) is 0. The van der Waals surface area contributed by atoms with Crippen LogP contribution in [-0.4, -0.2) is 6.72 Å². The van der Waals surface area contributed by atoms with Gasteiger partial charge in [-0.1, -0.05) is 12.7 Å². The molecule has 13 heavy (non-hydrogen) atoms. The van der Waals surface area contributed by atoms with Gasteiger partial charge in [0.15, 0.2) is 0 Å². The van der Waals surface area contributed by atoms with Crippen LogP contribution in [0.15, 0.2) is 28.2 Å². The van der Waals surface area contributed by atoms with Crippen molar-refractivity contribution in [3.05, 3.63) is 34.3 Å². The summed E-state index contributed by atoms with van der Waals surface area (Å²) in [5.74, 6) is 0. The van der Waals surface area contributed by atoms with Gasteiger partial charge in [-0.25, -0.2) is 0 Å². The molecule has 0 radical (unpaired) electrons. The molecule has 0 spiro atoms. The number of rotatable bonds is 2. The van der Waals surface area contributed by atoms with Gasteiger partial charge in [-0.2, -0.15) is 5.26 Å². The Kier molecular flexibility index (Phi) is 2.99. The minimum atomic E-state index is 0.542. The molecule has 3 heteroatoms. The van der Waals surface area contributed by atoms with Crippen LogP contribution in [0.1, 0.15) is 11.1 Å². The fourth-order valence-electron chi connectivity index (χ4n) is 1.04. The van der Waals surface area contributed by atoms with Crippen LogP contribution in [0.3, 0.4) is 0 Å².